The fourth-order valence-corrected chi connectivity index (χ4v) is 4.90. The molecule has 5 rings (SSSR count). The maximum Gasteiger partial charge on any atom is 0.724 e. The lowest BCUT2D eigenvalue weighted by Crippen LogP contribution is -2.43. The number of aliphatic carboxylic acids is 1. The number of nitrogens with zero attached hydrogens (tertiary/aromatic N) is 2. The van der Waals surface area contributed by atoms with E-state index in [1.807, 2.05) is 61.5 Å². The third-order valence-electron chi connectivity index (χ3n) is 6.58. The van der Waals surface area contributed by atoms with E-state index in [0.717, 1.165) is 58.0 Å². The number of halogens is 1. The molecule has 0 saturated carbocycles. The fraction of sp³-hybridized carbons (Fsp3) is 0.214. The second kappa shape index (κ2) is 9.78. The zero-order chi connectivity index (χ0) is 24.4. The van der Waals surface area contributed by atoms with E-state index < -0.39 is 13.2 Å². The molecule has 2 aromatic carbocycles. The first-order valence-electron chi connectivity index (χ1n) is 12.1. The molecule has 3 heterocycles. The SMILES string of the molecule is Cc1cc(-c2ccccc2)c2n1B(F)[N+]1=C(NCCCCCC(=O)O)C(c3ccccc3)=CC1=C2. The van der Waals surface area contributed by atoms with Crippen molar-refractivity contribution in [2.75, 3.05) is 6.54 Å². The number of nitrogens with one attached hydrogen (secondary N) is 1. The van der Waals surface area contributed by atoms with Gasteiger partial charge >= 0.3 is 13.2 Å². The largest absolute Gasteiger partial charge is 0.724 e. The van der Waals surface area contributed by atoms with E-state index in [4.69, 9.17) is 5.11 Å². The molecule has 0 aliphatic carbocycles. The molecule has 0 spiro atoms. The number of aromatic nitrogens is 1. The Morgan fingerprint density at radius 1 is 1.00 bits per heavy atom. The summed E-state index contributed by atoms with van der Waals surface area (Å²) in [5, 5.41) is 12.3. The molecule has 0 atom stereocenters. The minimum atomic E-state index is -1.38. The number of fused-ring (bicyclic) bond motifs is 2. The normalized spacial score (nSPS) is 14.4. The quantitative estimate of drug-likeness (QED) is 0.346. The van der Waals surface area contributed by atoms with E-state index >= 15 is 4.32 Å². The Balaban J connectivity index is 1.51. The van der Waals surface area contributed by atoms with Gasteiger partial charge in [0, 0.05) is 29.4 Å². The number of hydrogen-bond donors (Lipinski definition) is 2. The van der Waals surface area contributed by atoms with Gasteiger partial charge in [0.25, 0.3) is 5.84 Å². The number of rotatable bonds is 8. The van der Waals surface area contributed by atoms with Gasteiger partial charge in [-0.25, -0.2) is 4.49 Å². The minimum absolute atomic E-state index is 0.177. The zero-order valence-electron chi connectivity index (χ0n) is 19.7. The van der Waals surface area contributed by atoms with Crippen molar-refractivity contribution >= 4 is 30.7 Å². The van der Waals surface area contributed by atoms with Crippen LogP contribution in [-0.2, 0) is 4.79 Å². The van der Waals surface area contributed by atoms with E-state index in [9.17, 15) is 4.79 Å². The molecule has 35 heavy (non-hydrogen) atoms. The van der Waals surface area contributed by atoms with Crippen molar-refractivity contribution in [2.24, 2.45) is 0 Å². The first-order chi connectivity index (χ1) is 17.0. The Hall–Kier alpha value is -3.87. The second-order valence-electron chi connectivity index (χ2n) is 8.97. The molecular weight excluding hydrogens is 440 g/mol. The van der Waals surface area contributed by atoms with Gasteiger partial charge in [0.1, 0.15) is 5.70 Å². The maximum atomic E-state index is 16.3. The van der Waals surface area contributed by atoms with Crippen LogP contribution in [-0.4, -0.2) is 39.7 Å². The molecule has 2 aliphatic heterocycles. The molecule has 0 saturated heterocycles. The Kier molecular flexibility index (Phi) is 6.40. The van der Waals surface area contributed by atoms with Crippen LogP contribution in [0.25, 0.3) is 22.8 Å². The highest BCUT2D eigenvalue weighted by molar-refractivity contribution is 6.45. The molecule has 5 nitrogen and oxygen atoms in total. The van der Waals surface area contributed by atoms with Crippen molar-refractivity contribution in [2.45, 2.75) is 32.6 Å². The maximum absolute atomic E-state index is 16.3. The fourth-order valence-electron chi connectivity index (χ4n) is 4.90. The highest BCUT2D eigenvalue weighted by Crippen LogP contribution is 2.36. The number of aryl methyl sites for hydroxylation is 1. The molecule has 2 N–H and O–H groups in total. The van der Waals surface area contributed by atoms with Gasteiger partial charge in [0.2, 0.25) is 0 Å². The Morgan fingerprint density at radius 2 is 1.69 bits per heavy atom. The summed E-state index contributed by atoms with van der Waals surface area (Å²) >= 11 is 0. The highest BCUT2D eigenvalue weighted by atomic mass is 19.1. The lowest BCUT2D eigenvalue weighted by atomic mass is 9.96. The predicted octanol–water partition coefficient (Wildman–Crippen LogP) is 5.36. The third kappa shape index (κ3) is 4.46. The van der Waals surface area contributed by atoms with Crippen LogP contribution < -0.4 is 5.32 Å². The number of unbranched alkanes of at least 4 members (excludes halogenated alkanes) is 2. The molecule has 1 aromatic heterocycles. The Bertz CT molecular complexity index is 1340. The van der Waals surface area contributed by atoms with E-state index in [0.29, 0.717) is 13.0 Å². The predicted molar refractivity (Wildman–Crippen MR) is 139 cm³/mol. The van der Waals surface area contributed by atoms with Gasteiger partial charge in [0.05, 0.1) is 12.1 Å². The summed E-state index contributed by atoms with van der Waals surface area (Å²) < 4.78 is 19.8. The lowest BCUT2D eigenvalue weighted by Gasteiger charge is -2.19. The summed E-state index contributed by atoms with van der Waals surface area (Å²) in [5.41, 5.74) is 6.60. The van der Waals surface area contributed by atoms with Crippen LogP contribution in [0.5, 0.6) is 0 Å². The molecule has 7 heteroatoms. The van der Waals surface area contributed by atoms with Crippen LogP contribution >= 0.6 is 0 Å². The van der Waals surface area contributed by atoms with E-state index in [-0.39, 0.29) is 6.42 Å². The molecule has 0 fully saturated rings. The topological polar surface area (TPSA) is 57.3 Å². The summed E-state index contributed by atoms with van der Waals surface area (Å²) in [7, 11) is -1.38. The van der Waals surface area contributed by atoms with Crippen molar-refractivity contribution in [3.8, 4) is 11.1 Å². The standard InChI is InChI=1S/C28H27BFN3O2/c1-20-17-24(21-11-5-2-6-12-21)26-19-23-18-25(22-13-7-3-8-14-22)28(33(23)29(30)32(20)26)31-16-10-4-9-15-27(34)35/h2-3,5-8,11-14,17-19H,4,9-10,15-16H2,1H3,(H,34,35)/p+1. The average molecular weight is 468 g/mol. The van der Waals surface area contributed by atoms with Gasteiger partial charge in [0.15, 0.2) is 0 Å². The number of hydrogen-bond acceptors (Lipinski definition) is 2. The number of benzene rings is 2. The molecule has 0 unspecified atom stereocenters. The van der Waals surface area contributed by atoms with Crippen LogP contribution in [0.15, 0.2) is 78.5 Å². The Labute approximate surface area is 205 Å². The molecule has 176 valence electrons. The van der Waals surface area contributed by atoms with Gasteiger partial charge in [-0.15, -0.1) is 0 Å². The summed E-state index contributed by atoms with van der Waals surface area (Å²) in [6.07, 6.45) is 6.55. The monoisotopic (exact) mass is 468 g/mol. The second-order valence-corrected chi connectivity index (χ2v) is 8.97. The van der Waals surface area contributed by atoms with Crippen molar-refractivity contribution in [1.82, 2.24) is 9.79 Å². The minimum Gasteiger partial charge on any atom is -0.481 e. The summed E-state index contributed by atoms with van der Waals surface area (Å²) in [6, 6.07) is 22.2. The van der Waals surface area contributed by atoms with Crippen LogP contribution in [0.3, 0.4) is 0 Å². The lowest BCUT2D eigenvalue weighted by molar-refractivity contribution is -0.336. The van der Waals surface area contributed by atoms with Gasteiger partial charge < -0.3 is 9.58 Å². The number of carboxylic acids is 1. The van der Waals surface area contributed by atoms with Gasteiger partial charge in [-0.2, -0.15) is 0 Å². The summed E-state index contributed by atoms with van der Waals surface area (Å²) in [4.78, 5) is 10.8. The van der Waals surface area contributed by atoms with Crippen LogP contribution in [0.2, 0.25) is 0 Å². The van der Waals surface area contributed by atoms with Gasteiger partial charge in [-0.1, -0.05) is 60.7 Å². The van der Waals surface area contributed by atoms with Gasteiger partial charge in [-0.3, -0.25) is 14.4 Å². The third-order valence-corrected chi connectivity index (χ3v) is 6.58. The molecule has 3 aromatic rings. The van der Waals surface area contributed by atoms with Crippen LogP contribution in [0, 0.1) is 6.92 Å². The molecule has 0 radical (unpaired) electrons. The smallest absolute Gasteiger partial charge is 0.481 e. The first kappa shape index (κ1) is 22.9. The molecule has 0 amide bonds. The first-order valence-corrected chi connectivity index (χ1v) is 12.1. The van der Waals surface area contributed by atoms with Crippen molar-refractivity contribution in [3.63, 3.8) is 0 Å². The van der Waals surface area contributed by atoms with Crippen molar-refractivity contribution in [1.29, 1.82) is 0 Å². The summed E-state index contributed by atoms with van der Waals surface area (Å²) in [6.45, 7) is 2.58. The number of amidine groups is 1. The van der Waals surface area contributed by atoms with E-state index in [2.05, 4.69) is 29.6 Å². The zero-order valence-corrected chi connectivity index (χ0v) is 19.7. The number of allylic oxidation sites excluding steroid dienone is 1. The van der Waals surface area contributed by atoms with E-state index in [1.165, 1.54) is 0 Å². The van der Waals surface area contributed by atoms with Crippen LogP contribution in [0.1, 0.15) is 42.6 Å². The van der Waals surface area contributed by atoms with Crippen molar-refractivity contribution < 1.29 is 18.7 Å². The highest BCUT2D eigenvalue weighted by Gasteiger charge is 2.45. The van der Waals surface area contributed by atoms with E-state index in [1.54, 1.807) is 8.96 Å². The number of carboxylic acid groups (broad SMARTS) is 1. The molecular formula is C28H28BFN3O2+. The number of carbonyl (C=O) groups is 1. The molecule has 0 bridgehead atoms. The molecule has 2 aliphatic rings. The van der Waals surface area contributed by atoms with Crippen LogP contribution in [0.4, 0.5) is 4.32 Å². The summed E-state index contributed by atoms with van der Waals surface area (Å²) in [5.74, 6) is -0.0262. The Morgan fingerprint density at radius 3 is 2.37 bits per heavy atom. The average Bonchev–Trinajstić information content (AvgIpc) is 3.40. The van der Waals surface area contributed by atoms with Crippen molar-refractivity contribution in [3.05, 3.63) is 95.5 Å². The van der Waals surface area contributed by atoms with Gasteiger partial charge in [-0.05, 0) is 49.5 Å².